The Morgan fingerprint density at radius 1 is 0.683 bits per heavy atom. The fourth-order valence-corrected chi connectivity index (χ4v) is 10.7. The Labute approximate surface area is 360 Å². The number of hydrogen-bond acceptors (Lipinski definition) is 0. The Morgan fingerprint density at radius 2 is 1.32 bits per heavy atom. The highest BCUT2D eigenvalue weighted by molar-refractivity contribution is 6.60. The maximum atomic E-state index is 4.40. The predicted molar refractivity (Wildman–Crippen MR) is 263 cm³/mol. The molecule has 2 unspecified atom stereocenters. The fourth-order valence-electron chi connectivity index (χ4n) is 9.85. The average molecular weight is 794 g/mol. The number of benzene rings is 6. The summed E-state index contributed by atoms with van der Waals surface area (Å²) in [5, 5.41) is 2.07. The zero-order valence-electron chi connectivity index (χ0n) is 36.1. The van der Waals surface area contributed by atoms with Crippen LogP contribution in [0.3, 0.4) is 0 Å². The highest BCUT2D eigenvalue weighted by Gasteiger charge is 2.49. The highest BCUT2D eigenvalue weighted by Crippen LogP contribution is 2.59. The van der Waals surface area contributed by atoms with E-state index in [9.17, 15) is 0 Å². The van der Waals surface area contributed by atoms with E-state index in [-0.39, 0.29) is 5.04 Å². The van der Waals surface area contributed by atoms with Crippen LogP contribution in [0.4, 0.5) is 0 Å². The lowest BCUT2D eigenvalue weighted by molar-refractivity contribution is 0.549. The van der Waals surface area contributed by atoms with Crippen molar-refractivity contribution in [2.45, 2.75) is 63.6 Å². The highest BCUT2D eigenvalue weighted by atomic mass is 28.3. The molecule has 0 saturated heterocycles. The minimum Gasteiger partial charge on any atom is -0.0991 e. The summed E-state index contributed by atoms with van der Waals surface area (Å²) in [6, 6.07) is 52.3. The van der Waals surface area contributed by atoms with Crippen molar-refractivity contribution in [2.75, 3.05) is 0 Å². The number of rotatable bonds is 12. The van der Waals surface area contributed by atoms with Crippen LogP contribution in [0.1, 0.15) is 72.6 Å². The summed E-state index contributed by atoms with van der Waals surface area (Å²) in [6.07, 6.45) is 16.4. The maximum Gasteiger partial charge on any atom is 0.318 e. The van der Waals surface area contributed by atoms with Crippen LogP contribution in [-0.2, 0) is 11.8 Å². The summed E-state index contributed by atoms with van der Waals surface area (Å²) in [5.41, 5.74) is 17.5. The second kappa shape index (κ2) is 16.9. The third-order valence-electron chi connectivity index (χ3n) is 13.4. The molecule has 0 aromatic heterocycles. The van der Waals surface area contributed by atoms with E-state index in [1.54, 1.807) is 5.57 Å². The van der Waals surface area contributed by atoms with E-state index in [0.29, 0.717) is 5.92 Å². The molecule has 6 aromatic carbocycles. The number of allylic oxidation sites excluding steroid dienone is 9. The van der Waals surface area contributed by atoms with Crippen LogP contribution in [0.5, 0.6) is 0 Å². The van der Waals surface area contributed by atoms with Gasteiger partial charge < -0.3 is 0 Å². The third-order valence-corrected chi connectivity index (χ3v) is 16.2. The molecule has 0 fully saturated rings. The molecule has 60 heavy (non-hydrogen) atoms. The van der Waals surface area contributed by atoms with Crippen LogP contribution in [0.2, 0.25) is 18.1 Å². The minimum absolute atomic E-state index is 0.179. The van der Waals surface area contributed by atoms with Crippen molar-refractivity contribution in [2.24, 2.45) is 5.92 Å². The summed E-state index contributed by atoms with van der Waals surface area (Å²) < 4.78 is 0. The van der Waals surface area contributed by atoms with Crippen LogP contribution in [0.15, 0.2) is 188 Å². The zero-order chi connectivity index (χ0) is 42.0. The Balaban J connectivity index is 1.43. The van der Waals surface area contributed by atoms with Gasteiger partial charge in [-0.05, 0) is 140 Å². The molecule has 0 heterocycles. The molecule has 0 spiro atoms. The quantitative estimate of drug-likeness (QED) is 0.0854. The lowest BCUT2D eigenvalue weighted by atomic mass is 9.63. The van der Waals surface area contributed by atoms with Gasteiger partial charge in [-0.25, -0.2) is 0 Å². The van der Waals surface area contributed by atoms with E-state index in [1.807, 2.05) is 6.08 Å². The van der Waals surface area contributed by atoms with Gasteiger partial charge in [0.2, 0.25) is 0 Å². The first-order valence-corrected chi connectivity index (χ1v) is 24.1. The van der Waals surface area contributed by atoms with E-state index in [4.69, 9.17) is 0 Å². The van der Waals surface area contributed by atoms with E-state index >= 15 is 0 Å². The first-order valence-electron chi connectivity index (χ1n) is 21.6. The van der Waals surface area contributed by atoms with E-state index in [2.05, 4.69) is 224 Å². The van der Waals surface area contributed by atoms with E-state index in [1.165, 1.54) is 66.8 Å². The summed E-state index contributed by atoms with van der Waals surface area (Å²) in [4.78, 5) is 0. The Kier molecular flexibility index (Phi) is 11.5. The van der Waals surface area contributed by atoms with Gasteiger partial charge in [0.05, 0.1) is 18.5 Å². The molecule has 2 aliphatic carbocycles. The third kappa shape index (κ3) is 7.20. The topological polar surface area (TPSA) is 0 Å². The Bertz CT molecular complexity index is 2810. The van der Waals surface area contributed by atoms with E-state index in [0.717, 1.165) is 35.3 Å². The summed E-state index contributed by atoms with van der Waals surface area (Å²) in [7, 11) is -0.602. The Morgan fingerprint density at radius 3 is 2.02 bits per heavy atom. The lowest BCUT2D eigenvalue weighted by Crippen LogP contribution is -2.31. The Hall–Kier alpha value is -6.02. The second-order valence-electron chi connectivity index (χ2n) is 17.3. The van der Waals surface area contributed by atoms with Crippen molar-refractivity contribution in [3.63, 3.8) is 0 Å². The molecular weight excluding hydrogens is 737 g/mol. The van der Waals surface area contributed by atoms with Gasteiger partial charge >= 0.3 is 8.80 Å². The number of fused-ring (bicyclic) bond motifs is 3. The molecule has 2 aliphatic rings. The molecule has 0 N–H and O–H groups in total. The molecule has 0 nitrogen and oxygen atoms in total. The van der Waals surface area contributed by atoms with Crippen molar-refractivity contribution in [3.05, 3.63) is 238 Å². The molecule has 0 amide bonds. The lowest BCUT2D eigenvalue weighted by Gasteiger charge is -2.38. The molecule has 2 atom stereocenters. The van der Waals surface area contributed by atoms with Gasteiger partial charge in [0.1, 0.15) is 5.04 Å². The van der Waals surface area contributed by atoms with Crippen molar-refractivity contribution in [1.82, 2.24) is 0 Å². The second-order valence-corrected chi connectivity index (χ2v) is 20.6. The molecule has 0 aliphatic heterocycles. The minimum atomic E-state index is -0.655. The first-order chi connectivity index (χ1) is 29.1. The van der Waals surface area contributed by atoms with Crippen LogP contribution in [0, 0.1) is 5.92 Å². The predicted octanol–water partition coefficient (Wildman–Crippen LogP) is 14.2. The van der Waals surface area contributed by atoms with Crippen molar-refractivity contribution < 1.29 is 0 Å². The van der Waals surface area contributed by atoms with Crippen molar-refractivity contribution in [3.8, 4) is 22.3 Å². The molecule has 0 radical (unpaired) electrons. The van der Waals surface area contributed by atoms with Gasteiger partial charge in [-0.1, -0.05) is 191 Å². The molecule has 1 heteroatoms. The van der Waals surface area contributed by atoms with Gasteiger partial charge in [0.25, 0.3) is 0 Å². The maximum absolute atomic E-state index is 4.40. The largest absolute Gasteiger partial charge is 0.318 e. The monoisotopic (exact) mass is 793 g/mol. The molecule has 0 saturated carbocycles. The SMILES string of the molecule is C=C/C=C\C(=C/CC)c1ccccc1C1(c2ccccc2-c2ccc(=C)c(=C)c2)c2ccccc2-c2ccc(C3=CC=C(C(C)(C)[Si+](C)C)C(Cc4ccccc4)C3)cc21. The summed E-state index contributed by atoms with van der Waals surface area (Å²) in [6.45, 7) is 24.8. The molecule has 0 bridgehead atoms. The van der Waals surface area contributed by atoms with Gasteiger partial charge in [-0.15, -0.1) is 0 Å². The van der Waals surface area contributed by atoms with E-state index < -0.39 is 14.2 Å². The van der Waals surface area contributed by atoms with Gasteiger partial charge in [-0.3, -0.25) is 0 Å². The molecule has 6 aromatic rings. The van der Waals surface area contributed by atoms with Crippen molar-refractivity contribution >= 4 is 33.1 Å². The van der Waals surface area contributed by atoms with Gasteiger partial charge in [0, 0.05) is 0 Å². The first kappa shape index (κ1) is 40.7. The average Bonchev–Trinajstić information content (AvgIpc) is 3.56. The van der Waals surface area contributed by atoms with Crippen LogP contribution < -0.4 is 10.4 Å². The van der Waals surface area contributed by atoms with Crippen molar-refractivity contribution in [1.29, 1.82) is 0 Å². The molecule has 8 rings (SSSR count). The van der Waals surface area contributed by atoms with Crippen LogP contribution in [0.25, 0.3) is 46.6 Å². The summed E-state index contributed by atoms with van der Waals surface area (Å²) >= 11 is 0. The zero-order valence-corrected chi connectivity index (χ0v) is 37.1. The van der Waals surface area contributed by atoms with Crippen LogP contribution >= 0.6 is 0 Å². The number of hydrogen-bond donors (Lipinski definition) is 0. The smallest absolute Gasteiger partial charge is 0.0991 e. The summed E-state index contributed by atoms with van der Waals surface area (Å²) in [5.74, 6) is 0.422. The fraction of sp³-hybridized carbons (Fsp3) is 0.186. The normalized spacial score (nSPS) is 17.5. The standard InChI is InChI=1S/C59H57Si/c1-9-11-24-44(21-10-2)49-25-15-18-28-54(49)59(55-29-19-16-26-50(55)47-32-31-41(3)42(4)37-47)56-30-20-17-27-51(56)52-35-33-46(40-57(52)59)45-34-36-53(58(5,6)60(7)8)48(39-45)38-43-22-13-12-14-23-43/h9,11-37,40,48H,1,3-4,10,38-39H2,2,5-8H3/q+1/b24-11-,44-21+. The van der Waals surface area contributed by atoms with Gasteiger partial charge in [-0.2, -0.15) is 0 Å². The van der Waals surface area contributed by atoms with Crippen LogP contribution in [-0.4, -0.2) is 8.80 Å². The molecule has 296 valence electrons. The molecular formula is C59H57Si+. The van der Waals surface area contributed by atoms with Gasteiger partial charge in [0.15, 0.2) is 0 Å².